The Morgan fingerprint density at radius 1 is 1.06 bits per heavy atom. The lowest BCUT2D eigenvalue weighted by Crippen LogP contribution is -2.07. The van der Waals surface area contributed by atoms with E-state index in [4.69, 9.17) is 11.6 Å². The maximum atomic E-state index is 5.90. The Hall–Kier alpha value is -1.75. The summed E-state index contributed by atoms with van der Waals surface area (Å²) in [7, 11) is 0. The molecule has 2 heterocycles. The van der Waals surface area contributed by atoms with Crippen molar-refractivity contribution in [3.05, 3.63) is 40.1 Å². The van der Waals surface area contributed by atoms with E-state index in [1.54, 1.807) is 12.4 Å². The Labute approximate surface area is 111 Å². The van der Waals surface area contributed by atoms with Crippen LogP contribution in [-0.4, -0.2) is 20.2 Å². The van der Waals surface area contributed by atoms with E-state index >= 15 is 0 Å². The minimum absolute atomic E-state index is 0.438. The van der Waals surface area contributed by atoms with Crippen LogP contribution in [0.5, 0.6) is 0 Å². The number of anilines is 1. The summed E-state index contributed by atoms with van der Waals surface area (Å²) < 4.78 is 0. The molecule has 2 aromatic heterocycles. The molecule has 0 amide bonds. The van der Waals surface area contributed by atoms with Crippen LogP contribution in [-0.2, 0) is 6.54 Å². The molecule has 0 aliphatic carbocycles. The van der Waals surface area contributed by atoms with Crippen molar-refractivity contribution in [3.8, 4) is 0 Å². The maximum Gasteiger partial charge on any atom is 0.155 e. The molecular formula is C12H14ClN5. The summed E-state index contributed by atoms with van der Waals surface area (Å²) in [4.78, 5) is 8.45. The average Bonchev–Trinajstić information content (AvgIpc) is 2.37. The predicted molar refractivity (Wildman–Crippen MR) is 70.6 cm³/mol. The summed E-state index contributed by atoms with van der Waals surface area (Å²) in [6.45, 7) is 6.34. The summed E-state index contributed by atoms with van der Waals surface area (Å²) in [5.74, 6) is 0.722. The normalized spacial score (nSPS) is 10.4. The highest BCUT2D eigenvalue weighted by molar-refractivity contribution is 6.30. The van der Waals surface area contributed by atoms with Crippen molar-refractivity contribution in [2.45, 2.75) is 27.3 Å². The largest absolute Gasteiger partial charge is 0.363 e. The molecule has 0 fully saturated rings. The first-order valence-electron chi connectivity index (χ1n) is 5.58. The van der Waals surface area contributed by atoms with Crippen LogP contribution in [0.1, 0.15) is 22.5 Å². The highest BCUT2D eigenvalue weighted by Crippen LogP contribution is 2.20. The van der Waals surface area contributed by atoms with E-state index in [2.05, 4.69) is 25.5 Å². The van der Waals surface area contributed by atoms with Gasteiger partial charge < -0.3 is 5.32 Å². The number of nitrogens with one attached hydrogen (secondary N) is 1. The smallest absolute Gasteiger partial charge is 0.155 e. The average molecular weight is 264 g/mol. The number of aryl methyl sites for hydroxylation is 1. The molecule has 0 spiro atoms. The van der Waals surface area contributed by atoms with E-state index in [0.29, 0.717) is 11.7 Å². The Kier molecular flexibility index (Phi) is 3.72. The second-order valence-corrected chi connectivity index (χ2v) is 4.45. The van der Waals surface area contributed by atoms with Crippen molar-refractivity contribution in [1.82, 2.24) is 20.2 Å². The highest BCUT2D eigenvalue weighted by Gasteiger charge is 2.07. The van der Waals surface area contributed by atoms with E-state index < -0.39 is 0 Å². The molecule has 0 aliphatic heterocycles. The van der Waals surface area contributed by atoms with Crippen LogP contribution in [0, 0.1) is 20.8 Å². The molecule has 2 aromatic rings. The summed E-state index contributed by atoms with van der Waals surface area (Å²) in [6.07, 6.45) is 3.48. The molecule has 5 nitrogen and oxygen atoms in total. The van der Waals surface area contributed by atoms with Gasteiger partial charge in [-0.25, -0.2) is 0 Å². The number of hydrogen-bond donors (Lipinski definition) is 1. The molecule has 18 heavy (non-hydrogen) atoms. The van der Waals surface area contributed by atoms with Gasteiger partial charge in [-0.2, -0.15) is 0 Å². The van der Waals surface area contributed by atoms with Gasteiger partial charge in [0.05, 0.1) is 24.1 Å². The van der Waals surface area contributed by atoms with E-state index in [9.17, 15) is 0 Å². The van der Waals surface area contributed by atoms with E-state index in [1.807, 2.05) is 20.8 Å². The van der Waals surface area contributed by atoms with Crippen molar-refractivity contribution in [3.63, 3.8) is 0 Å². The second kappa shape index (κ2) is 5.27. The lowest BCUT2D eigenvalue weighted by atomic mass is 10.2. The van der Waals surface area contributed by atoms with Crippen molar-refractivity contribution in [1.29, 1.82) is 0 Å². The molecule has 1 N–H and O–H groups in total. The van der Waals surface area contributed by atoms with Gasteiger partial charge in [-0.1, -0.05) is 11.6 Å². The van der Waals surface area contributed by atoms with Gasteiger partial charge in [-0.15, -0.1) is 10.2 Å². The highest BCUT2D eigenvalue weighted by atomic mass is 35.5. The monoisotopic (exact) mass is 263 g/mol. The van der Waals surface area contributed by atoms with Gasteiger partial charge in [0, 0.05) is 6.20 Å². The van der Waals surface area contributed by atoms with E-state index in [0.717, 1.165) is 28.3 Å². The van der Waals surface area contributed by atoms with Gasteiger partial charge in [-0.3, -0.25) is 9.97 Å². The van der Waals surface area contributed by atoms with Gasteiger partial charge in [0.2, 0.25) is 0 Å². The molecule has 0 atom stereocenters. The third-order valence-corrected chi connectivity index (χ3v) is 3.10. The van der Waals surface area contributed by atoms with Crippen LogP contribution in [0.15, 0.2) is 12.4 Å². The summed E-state index contributed by atoms with van der Waals surface area (Å²) >= 11 is 5.90. The maximum absolute atomic E-state index is 5.90. The van der Waals surface area contributed by atoms with Gasteiger partial charge >= 0.3 is 0 Å². The topological polar surface area (TPSA) is 63.6 Å². The standard InChI is InChI=1S/C12H14ClN5/c1-7-4-15-10(5-14-7)6-16-12-9(3)8(2)11(13)17-18-12/h4-5H,6H2,1-3H3,(H,16,18). The zero-order chi connectivity index (χ0) is 13.1. The molecule has 0 aliphatic rings. The zero-order valence-corrected chi connectivity index (χ0v) is 11.3. The van der Waals surface area contributed by atoms with Gasteiger partial charge in [0.1, 0.15) is 0 Å². The van der Waals surface area contributed by atoms with Crippen LogP contribution >= 0.6 is 11.6 Å². The number of hydrogen-bond acceptors (Lipinski definition) is 5. The number of halogens is 1. The Morgan fingerprint density at radius 3 is 2.50 bits per heavy atom. The van der Waals surface area contributed by atoms with Crippen LogP contribution in [0.2, 0.25) is 5.15 Å². The molecule has 0 radical (unpaired) electrons. The molecule has 0 aromatic carbocycles. The fourth-order valence-corrected chi connectivity index (χ4v) is 1.61. The Balaban J connectivity index is 2.11. The first kappa shape index (κ1) is 12.7. The minimum Gasteiger partial charge on any atom is -0.363 e. The minimum atomic E-state index is 0.438. The third kappa shape index (κ3) is 2.73. The Bertz CT molecular complexity index is 553. The first-order valence-corrected chi connectivity index (χ1v) is 5.96. The SMILES string of the molecule is Cc1cnc(CNc2nnc(Cl)c(C)c2C)cn1. The number of nitrogens with zero attached hydrogens (tertiary/aromatic N) is 4. The molecular weight excluding hydrogens is 250 g/mol. The van der Waals surface area contributed by atoms with Crippen LogP contribution in [0.25, 0.3) is 0 Å². The Morgan fingerprint density at radius 2 is 1.83 bits per heavy atom. The molecule has 94 valence electrons. The number of rotatable bonds is 3. The molecule has 2 rings (SSSR count). The van der Waals surface area contributed by atoms with E-state index in [-0.39, 0.29) is 0 Å². The van der Waals surface area contributed by atoms with Gasteiger partial charge in [0.25, 0.3) is 0 Å². The molecule has 0 saturated heterocycles. The van der Waals surface area contributed by atoms with Gasteiger partial charge in [-0.05, 0) is 31.9 Å². The molecule has 0 unspecified atom stereocenters. The molecule has 0 bridgehead atoms. The van der Waals surface area contributed by atoms with Crippen LogP contribution in [0.4, 0.5) is 5.82 Å². The van der Waals surface area contributed by atoms with Crippen LogP contribution in [0.3, 0.4) is 0 Å². The van der Waals surface area contributed by atoms with Crippen LogP contribution < -0.4 is 5.32 Å². The fraction of sp³-hybridized carbons (Fsp3) is 0.333. The molecule has 0 saturated carbocycles. The van der Waals surface area contributed by atoms with Gasteiger partial charge in [0.15, 0.2) is 11.0 Å². The summed E-state index contributed by atoms with van der Waals surface area (Å²) in [5.41, 5.74) is 3.69. The van der Waals surface area contributed by atoms with Crippen molar-refractivity contribution >= 4 is 17.4 Å². The quantitative estimate of drug-likeness (QED) is 0.922. The van der Waals surface area contributed by atoms with E-state index in [1.165, 1.54) is 0 Å². The van der Waals surface area contributed by atoms with Crippen molar-refractivity contribution in [2.75, 3.05) is 5.32 Å². The molecule has 6 heteroatoms. The predicted octanol–water partition coefficient (Wildman–Crippen LogP) is 2.46. The lowest BCUT2D eigenvalue weighted by molar-refractivity contribution is 0.939. The second-order valence-electron chi connectivity index (χ2n) is 4.09. The first-order chi connectivity index (χ1) is 8.58. The van der Waals surface area contributed by atoms with Crippen molar-refractivity contribution < 1.29 is 0 Å². The zero-order valence-electron chi connectivity index (χ0n) is 10.5. The fourth-order valence-electron chi connectivity index (χ4n) is 1.43. The lowest BCUT2D eigenvalue weighted by Gasteiger charge is -2.09. The number of aromatic nitrogens is 4. The summed E-state index contributed by atoms with van der Waals surface area (Å²) in [5, 5.41) is 11.5. The summed E-state index contributed by atoms with van der Waals surface area (Å²) in [6, 6.07) is 0. The van der Waals surface area contributed by atoms with Crippen molar-refractivity contribution in [2.24, 2.45) is 0 Å². The third-order valence-electron chi connectivity index (χ3n) is 2.74.